The van der Waals surface area contributed by atoms with Gasteiger partial charge in [0.15, 0.2) is 0 Å². The van der Waals surface area contributed by atoms with Gasteiger partial charge in [-0.1, -0.05) is 13.8 Å². The van der Waals surface area contributed by atoms with Gasteiger partial charge >= 0.3 is 0 Å². The van der Waals surface area contributed by atoms with Gasteiger partial charge in [0.1, 0.15) is 5.41 Å². The van der Waals surface area contributed by atoms with E-state index in [0.717, 1.165) is 0 Å². The van der Waals surface area contributed by atoms with Crippen LogP contribution in [0.2, 0.25) is 0 Å². The van der Waals surface area contributed by atoms with Crippen molar-refractivity contribution in [1.82, 2.24) is 10.6 Å². The summed E-state index contributed by atoms with van der Waals surface area (Å²) in [6.45, 7) is 3.48. The first-order valence-corrected chi connectivity index (χ1v) is 4.96. The molecular formula is C10H17N3O2. The minimum absolute atomic E-state index is 0.0846. The smallest absolute Gasteiger partial charge is 0.240 e. The number of rotatable bonds is 5. The van der Waals surface area contributed by atoms with Crippen molar-refractivity contribution in [3.63, 3.8) is 0 Å². The molecule has 5 heteroatoms. The number of likely N-dealkylation sites (N-methyl/N-ethyl adjacent to an activating group) is 1. The zero-order chi connectivity index (χ0) is 11.9. The molecule has 84 valence electrons. The molecule has 0 radical (unpaired) electrons. The maximum absolute atomic E-state index is 11.7. The van der Waals surface area contributed by atoms with E-state index < -0.39 is 5.41 Å². The molecule has 0 heterocycles. The van der Waals surface area contributed by atoms with Crippen molar-refractivity contribution < 1.29 is 9.59 Å². The molecule has 0 aromatic rings. The lowest BCUT2D eigenvalue weighted by molar-refractivity contribution is -0.131. The highest BCUT2D eigenvalue weighted by Gasteiger charge is 2.34. The van der Waals surface area contributed by atoms with Crippen LogP contribution in [0.5, 0.6) is 0 Å². The number of carbonyl (C=O) groups excluding carboxylic acids is 2. The first-order chi connectivity index (χ1) is 7.06. The molecule has 0 rings (SSSR count). The van der Waals surface area contributed by atoms with Gasteiger partial charge < -0.3 is 10.6 Å². The van der Waals surface area contributed by atoms with E-state index in [1.165, 1.54) is 7.05 Å². The van der Waals surface area contributed by atoms with E-state index in [0.29, 0.717) is 12.8 Å². The molecule has 0 spiro atoms. The summed E-state index contributed by atoms with van der Waals surface area (Å²) in [7, 11) is 1.49. The van der Waals surface area contributed by atoms with Gasteiger partial charge in [0.2, 0.25) is 11.8 Å². The van der Waals surface area contributed by atoms with E-state index in [1.54, 1.807) is 13.8 Å². The molecule has 0 saturated heterocycles. The third-order valence-electron chi connectivity index (χ3n) is 2.54. The summed E-state index contributed by atoms with van der Waals surface area (Å²) in [6, 6.07) is 2.01. The van der Waals surface area contributed by atoms with Gasteiger partial charge in [-0.25, -0.2) is 0 Å². The van der Waals surface area contributed by atoms with E-state index in [9.17, 15) is 9.59 Å². The Hall–Kier alpha value is -1.57. The molecule has 0 aliphatic carbocycles. The monoisotopic (exact) mass is 211 g/mol. The van der Waals surface area contributed by atoms with Gasteiger partial charge in [0.25, 0.3) is 0 Å². The molecule has 15 heavy (non-hydrogen) atoms. The molecule has 0 bridgehead atoms. The van der Waals surface area contributed by atoms with Crippen LogP contribution < -0.4 is 10.6 Å². The number of carbonyl (C=O) groups is 2. The zero-order valence-electron chi connectivity index (χ0n) is 9.39. The third-order valence-corrected chi connectivity index (χ3v) is 2.54. The second-order valence-corrected chi connectivity index (χ2v) is 3.26. The Morgan fingerprint density at radius 2 is 1.87 bits per heavy atom. The molecular weight excluding hydrogens is 194 g/mol. The summed E-state index contributed by atoms with van der Waals surface area (Å²) in [5.74, 6) is -0.652. The van der Waals surface area contributed by atoms with E-state index in [-0.39, 0.29) is 18.4 Å². The van der Waals surface area contributed by atoms with Crippen LogP contribution in [0.3, 0.4) is 0 Å². The molecule has 5 nitrogen and oxygen atoms in total. The first kappa shape index (κ1) is 13.4. The molecule has 0 unspecified atom stereocenters. The predicted octanol–water partition coefficient (Wildman–Crippen LogP) is 0.179. The lowest BCUT2D eigenvalue weighted by Gasteiger charge is -2.21. The molecule has 0 fully saturated rings. The van der Waals surface area contributed by atoms with Crippen LogP contribution in [0.15, 0.2) is 0 Å². The summed E-state index contributed by atoms with van der Waals surface area (Å²) < 4.78 is 0. The normalized spacial score (nSPS) is 10.3. The van der Waals surface area contributed by atoms with Crippen molar-refractivity contribution in [3.8, 4) is 6.07 Å². The maximum Gasteiger partial charge on any atom is 0.240 e. The number of hydrogen-bond donors (Lipinski definition) is 2. The number of nitriles is 1. The summed E-state index contributed by atoms with van der Waals surface area (Å²) in [4.78, 5) is 22.6. The Bertz CT molecular complexity index is 277. The zero-order valence-corrected chi connectivity index (χ0v) is 9.39. The highest BCUT2D eigenvalue weighted by atomic mass is 16.2. The lowest BCUT2D eigenvalue weighted by Crippen LogP contribution is -2.43. The molecule has 2 amide bonds. The standard InChI is InChI=1S/C10H17N3O2/c1-4-10(5-2,7-11)9(15)13-6-8(14)12-3/h4-6H2,1-3H3,(H,12,14)(H,13,15). The molecule has 2 N–H and O–H groups in total. The van der Waals surface area contributed by atoms with Crippen molar-refractivity contribution in [1.29, 1.82) is 5.26 Å². The largest absolute Gasteiger partial charge is 0.358 e. The van der Waals surface area contributed by atoms with Crippen molar-refractivity contribution >= 4 is 11.8 Å². The number of nitrogens with one attached hydrogen (secondary N) is 2. The van der Waals surface area contributed by atoms with E-state index in [4.69, 9.17) is 5.26 Å². The molecule has 0 aromatic carbocycles. The van der Waals surface area contributed by atoms with Crippen LogP contribution in [-0.2, 0) is 9.59 Å². The Balaban J connectivity index is 4.42. The van der Waals surface area contributed by atoms with Gasteiger partial charge in [0.05, 0.1) is 12.6 Å². The minimum Gasteiger partial charge on any atom is -0.358 e. The Morgan fingerprint density at radius 1 is 1.33 bits per heavy atom. The first-order valence-electron chi connectivity index (χ1n) is 4.96. The van der Waals surface area contributed by atoms with Gasteiger partial charge in [-0.3, -0.25) is 9.59 Å². The van der Waals surface area contributed by atoms with Gasteiger partial charge in [-0.15, -0.1) is 0 Å². The van der Waals surface area contributed by atoms with Crippen molar-refractivity contribution in [3.05, 3.63) is 0 Å². The van der Waals surface area contributed by atoms with Crippen LogP contribution in [0.1, 0.15) is 26.7 Å². The van der Waals surface area contributed by atoms with Gasteiger partial charge in [0, 0.05) is 7.05 Å². The average Bonchev–Trinajstić information content (AvgIpc) is 2.28. The van der Waals surface area contributed by atoms with E-state index in [2.05, 4.69) is 10.6 Å². The Labute approximate surface area is 89.8 Å². The molecule has 0 aliphatic rings. The van der Waals surface area contributed by atoms with E-state index in [1.807, 2.05) is 6.07 Å². The van der Waals surface area contributed by atoms with E-state index >= 15 is 0 Å². The van der Waals surface area contributed by atoms with Crippen LogP contribution in [0, 0.1) is 16.7 Å². The number of nitrogens with zero attached hydrogens (tertiary/aromatic N) is 1. The fraction of sp³-hybridized carbons (Fsp3) is 0.700. The fourth-order valence-corrected chi connectivity index (χ4v) is 1.20. The fourth-order valence-electron chi connectivity index (χ4n) is 1.20. The average molecular weight is 211 g/mol. The minimum atomic E-state index is -1.01. The summed E-state index contributed by atoms with van der Waals surface area (Å²) in [5.41, 5.74) is -1.01. The summed E-state index contributed by atoms with van der Waals surface area (Å²) in [5, 5.41) is 13.8. The Morgan fingerprint density at radius 3 is 2.20 bits per heavy atom. The maximum atomic E-state index is 11.7. The highest BCUT2D eigenvalue weighted by Crippen LogP contribution is 2.25. The van der Waals surface area contributed by atoms with Crippen molar-refractivity contribution in [2.75, 3.05) is 13.6 Å². The topological polar surface area (TPSA) is 82.0 Å². The number of hydrogen-bond acceptors (Lipinski definition) is 3. The molecule has 0 atom stereocenters. The second-order valence-electron chi connectivity index (χ2n) is 3.26. The van der Waals surface area contributed by atoms with Gasteiger partial charge in [-0.2, -0.15) is 5.26 Å². The van der Waals surface area contributed by atoms with Crippen molar-refractivity contribution in [2.45, 2.75) is 26.7 Å². The highest BCUT2D eigenvalue weighted by molar-refractivity contribution is 5.89. The van der Waals surface area contributed by atoms with Crippen LogP contribution in [0.4, 0.5) is 0 Å². The van der Waals surface area contributed by atoms with Crippen LogP contribution in [-0.4, -0.2) is 25.4 Å². The summed E-state index contributed by atoms with van der Waals surface area (Å²) in [6.07, 6.45) is 0.888. The van der Waals surface area contributed by atoms with Gasteiger partial charge in [-0.05, 0) is 12.8 Å². The number of amides is 2. The molecule has 0 aliphatic heterocycles. The predicted molar refractivity (Wildman–Crippen MR) is 55.7 cm³/mol. The van der Waals surface area contributed by atoms with Crippen LogP contribution in [0.25, 0.3) is 0 Å². The van der Waals surface area contributed by atoms with Crippen LogP contribution >= 0.6 is 0 Å². The molecule has 0 saturated carbocycles. The third kappa shape index (κ3) is 3.24. The second kappa shape index (κ2) is 6.02. The van der Waals surface area contributed by atoms with Crippen molar-refractivity contribution in [2.24, 2.45) is 5.41 Å². The lowest BCUT2D eigenvalue weighted by atomic mass is 9.83. The Kier molecular flexibility index (Phi) is 5.39. The molecule has 0 aromatic heterocycles. The quantitative estimate of drug-likeness (QED) is 0.680. The summed E-state index contributed by atoms with van der Waals surface area (Å²) >= 11 is 0. The SMILES string of the molecule is CCC(C#N)(CC)C(=O)NCC(=O)NC.